The van der Waals surface area contributed by atoms with E-state index in [0.717, 1.165) is 54.4 Å². The molecular weight excluding hydrogens is 359 g/mol. The van der Waals surface area contributed by atoms with E-state index in [1.165, 1.54) is 24.4 Å². The van der Waals surface area contributed by atoms with Crippen molar-refractivity contribution in [1.29, 1.82) is 0 Å². The molecule has 28 heavy (non-hydrogen) atoms. The van der Waals surface area contributed by atoms with Gasteiger partial charge in [0.1, 0.15) is 5.82 Å². The Bertz CT molecular complexity index is 859. The minimum atomic E-state index is -1.33. The number of hydrogen-bond acceptors (Lipinski definition) is 3. The molecule has 0 aliphatic heterocycles. The quantitative estimate of drug-likeness (QED) is 0.384. The monoisotopic (exact) mass is 386 g/mol. The molecule has 2 rings (SSSR count). The molecule has 0 radical (unpaired) electrons. The van der Waals surface area contributed by atoms with E-state index in [1.54, 1.807) is 13.0 Å². The number of unbranched alkanes of at least 4 members (excludes halogenated alkanes) is 4. The van der Waals surface area contributed by atoms with E-state index in [1.807, 2.05) is 0 Å². The van der Waals surface area contributed by atoms with Crippen molar-refractivity contribution in [3.63, 3.8) is 0 Å². The molecule has 0 spiro atoms. The highest BCUT2D eigenvalue weighted by Crippen LogP contribution is 2.15. The summed E-state index contributed by atoms with van der Waals surface area (Å²) in [5, 5.41) is 2.77. The standard InChI is InChI=1S/C22H27FN2O3/c1-3-4-5-6-7-14-24-22(28)20(25-15-16(2)8-13-19(25)26)21(27)17-9-11-18(23)12-10-17/h8-13,15,20H,3-7,14H2,1-2H3,(H,24,28). The first-order chi connectivity index (χ1) is 13.4. The third-order valence-corrected chi connectivity index (χ3v) is 4.57. The zero-order valence-electron chi connectivity index (χ0n) is 16.4. The molecule has 1 N–H and O–H groups in total. The maximum Gasteiger partial charge on any atom is 0.251 e. The highest BCUT2D eigenvalue weighted by Gasteiger charge is 2.30. The normalized spacial score (nSPS) is 11.8. The molecule has 1 amide bonds. The minimum Gasteiger partial charge on any atom is -0.354 e. The average Bonchev–Trinajstić information content (AvgIpc) is 2.68. The molecule has 150 valence electrons. The number of pyridine rings is 1. The number of hydrogen-bond donors (Lipinski definition) is 1. The molecular formula is C22H27FN2O3. The molecule has 1 unspecified atom stereocenters. The van der Waals surface area contributed by atoms with Gasteiger partial charge >= 0.3 is 0 Å². The van der Waals surface area contributed by atoms with E-state index in [9.17, 15) is 18.8 Å². The third kappa shape index (κ3) is 5.87. The predicted molar refractivity (Wildman–Crippen MR) is 107 cm³/mol. The van der Waals surface area contributed by atoms with Crippen molar-refractivity contribution < 1.29 is 14.0 Å². The molecule has 0 saturated heterocycles. The number of nitrogens with zero attached hydrogens (tertiary/aromatic N) is 1. The van der Waals surface area contributed by atoms with E-state index >= 15 is 0 Å². The van der Waals surface area contributed by atoms with Gasteiger partial charge in [-0.05, 0) is 43.2 Å². The van der Waals surface area contributed by atoms with Crippen LogP contribution in [0.1, 0.15) is 61.0 Å². The highest BCUT2D eigenvalue weighted by molar-refractivity contribution is 6.11. The summed E-state index contributed by atoms with van der Waals surface area (Å²) < 4.78 is 14.3. The van der Waals surface area contributed by atoms with Gasteiger partial charge in [0.2, 0.25) is 0 Å². The summed E-state index contributed by atoms with van der Waals surface area (Å²) in [6, 6.07) is 6.60. The maximum atomic E-state index is 13.2. The van der Waals surface area contributed by atoms with Crippen LogP contribution in [0, 0.1) is 12.7 Å². The van der Waals surface area contributed by atoms with Crippen molar-refractivity contribution in [1.82, 2.24) is 9.88 Å². The summed E-state index contributed by atoms with van der Waals surface area (Å²) in [5.41, 5.74) is 0.492. The number of aromatic nitrogens is 1. The van der Waals surface area contributed by atoms with Gasteiger partial charge < -0.3 is 5.32 Å². The molecule has 1 heterocycles. The fourth-order valence-electron chi connectivity index (χ4n) is 3.00. The van der Waals surface area contributed by atoms with E-state index in [-0.39, 0.29) is 5.56 Å². The summed E-state index contributed by atoms with van der Waals surface area (Å²) in [7, 11) is 0. The molecule has 2 aromatic rings. The van der Waals surface area contributed by atoms with E-state index < -0.39 is 29.1 Å². The summed E-state index contributed by atoms with van der Waals surface area (Å²) in [6.45, 7) is 4.35. The zero-order chi connectivity index (χ0) is 20.5. The zero-order valence-corrected chi connectivity index (χ0v) is 16.4. The Morgan fingerprint density at radius 2 is 1.71 bits per heavy atom. The lowest BCUT2D eigenvalue weighted by atomic mass is 10.0. The molecule has 1 atom stereocenters. The van der Waals surface area contributed by atoms with E-state index in [4.69, 9.17) is 0 Å². The lowest BCUT2D eigenvalue weighted by molar-refractivity contribution is -0.123. The van der Waals surface area contributed by atoms with Crippen LogP contribution in [-0.4, -0.2) is 22.8 Å². The Hall–Kier alpha value is -2.76. The lowest BCUT2D eigenvalue weighted by Crippen LogP contribution is -2.41. The van der Waals surface area contributed by atoms with Crippen LogP contribution in [-0.2, 0) is 4.79 Å². The summed E-state index contributed by atoms with van der Waals surface area (Å²) in [6.07, 6.45) is 6.69. The number of halogens is 1. The van der Waals surface area contributed by atoms with Crippen molar-refractivity contribution in [2.75, 3.05) is 6.54 Å². The Labute approximate surface area is 164 Å². The number of benzene rings is 1. The number of aryl methyl sites for hydroxylation is 1. The van der Waals surface area contributed by atoms with Crippen molar-refractivity contribution in [2.24, 2.45) is 0 Å². The van der Waals surface area contributed by atoms with Gasteiger partial charge in [-0.25, -0.2) is 4.39 Å². The van der Waals surface area contributed by atoms with Crippen LogP contribution in [0.15, 0.2) is 47.4 Å². The molecule has 5 nitrogen and oxygen atoms in total. The van der Waals surface area contributed by atoms with Crippen molar-refractivity contribution in [2.45, 2.75) is 52.0 Å². The van der Waals surface area contributed by atoms with Gasteiger partial charge in [-0.3, -0.25) is 19.0 Å². The van der Waals surface area contributed by atoms with Crippen molar-refractivity contribution >= 4 is 11.7 Å². The molecule has 0 aliphatic carbocycles. The smallest absolute Gasteiger partial charge is 0.251 e. The van der Waals surface area contributed by atoms with Gasteiger partial charge in [-0.2, -0.15) is 0 Å². The topological polar surface area (TPSA) is 68.2 Å². The summed E-state index contributed by atoms with van der Waals surface area (Å²) in [5.74, 6) is -1.55. The second-order valence-electron chi connectivity index (χ2n) is 6.93. The number of Topliss-reactive ketones (excluding diaryl/α,β-unsaturated/α-hetero) is 1. The Morgan fingerprint density at radius 3 is 2.39 bits per heavy atom. The van der Waals surface area contributed by atoms with Crippen LogP contribution in [0.4, 0.5) is 4.39 Å². The first-order valence-corrected chi connectivity index (χ1v) is 9.70. The average molecular weight is 386 g/mol. The van der Waals surface area contributed by atoms with Crippen LogP contribution in [0.2, 0.25) is 0 Å². The Kier molecular flexibility index (Phi) is 8.11. The second kappa shape index (κ2) is 10.5. The molecule has 1 aromatic heterocycles. The predicted octanol–water partition coefficient (Wildman–Crippen LogP) is 3.81. The Morgan fingerprint density at radius 1 is 1.04 bits per heavy atom. The first kappa shape index (κ1) is 21.5. The fourth-order valence-corrected chi connectivity index (χ4v) is 3.00. The summed E-state index contributed by atoms with van der Waals surface area (Å²) in [4.78, 5) is 38.1. The third-order valence-electron chi connectivity index (χ3n) is 4.57. The van der Waals surface area contributed by atoms with Crippen molar-refractivity contribution in [3.05, 3.63) is 69.9 Å². The van der Waals surface area contributed by atoms with E-state index in [0.29, 0.717) is 6.54 Å². The van der Waals surface area contributed by atoms with Gasteiger partial charge in [-0.1, -0.05) is 38.7 Å². The number of carbonyl (C=O) groups is 2. The van der Waals surface area contributed by atoms with Gasteiger partial charge in [0, 0.05) is 24.4 Å². The second-order valence-corrected chi connectivity index (χ2v) is 6.93. The molecule has 6 heteroatoms. The van der Waals surface area contributed by atoms with Crippen LogP contribution < -0.4 is 10.9 Å². The van der Waals surface area contributed by atoms with Gasteiger partial charge in [0.05, 0.1) is 0 Å². The Balaban J connectivity index is 2.22. The molecule has 0 saturated carbocycles. The molecule has 0 aliphatic rings. The molecule has 0 fully saturated rings. The highest BCUT2D eigenvalue weighted by atomic mass is 19.1. The van der Waals surface area contributed by atoms with Crippen LogP contribution >= 0.6 is 0 Å². The lowest BCUT2D eigenvalue weighted by Gasteiger charge is -2.19. The molecule has 0 bridgehead atoms. The van der Waals surface area contributed by atoms with Crippen LogP contribution in [0.5, 0.6) is 0 Å². The van der Waals surface area contributed by atoms with E-state index in [2.05, 4.69) is 12.2 Å². The maximum absolute atomic E-state index is 13.2. The minimum absolute atomic E-state index is 0.179. The van der Waals surface area contributed by atoms with Gasteiger partial charge in [0.25, 0.3) is 11.5 Å². The van der Waals surface area contributed by atoms with Crippen LogP contribution in [0.3, 0.4) is 0 Å². The summed E-state index contributed by atoms with van der Waals surface area (Å²) >= 11 is 0. The first-order valence-electron chi connectivity index (χ1n) is 9.70. The number of rotatable bonds is 10. The fraction of sp³-hybridized carbons (Fsp3) is 0.409. The van der Waals surface area contributed by atoms with Crippen LogP contribution in [0.25, 0.3) is 0 Å². The number of amides is 1. The number of nitrogens with one attached hydrogen (secondary N) is 1. The SMILES string of the molecule is CCCCCCCNC(=O)C(C(=O)c1ccc(F)cc1)n1cc(C)ccc1=O. The molecule has 1 aromatic carbocycles. The van der Waals surface area contributed by atoms with Gasteiger partial charge in [0.15, 0.2) is 11.8 Å². The number of carbonyl (C=O) groups excluding carboxylic acids is 2. The largest absolute Gasteiger partial charge is 0.354 e. The number of ketones is 1. The van der Waals surface area contributed by atoms with Gasteiger partial charge in [-0.15, -0.1) is 0 Å². The van der Waals surface area contributed by atoms with Crippen molar-refractivity contribution in [3.8, 4) is 0 Å².